The van der Waals surface area contributed by atoms with Crippen molar-refractivity contribution >= 4 is 23.3 Å². The van der Waals surface area contributed by atoms with Gasteiger partial charge in [-0.3, -0.25) is 0 Å². The van der Waals surface area contributed by atoms with Gasteiger partial charge in [0.25, 0.3) is 0 Å². The van der Waals surface area contributed by atoms with Gasteiger partial charge in [-0.25, -0.2) is 4.57 Å². The maximum Gasteiger partial charge on any atom is 0.178 e. The fourth-order valence-electron chi connectivity index (χ4n) is 1.08. The standard InChI is InChI=1S/C8H7ClN3S.HI/c1-12-4-2-3-6(5-12)7-8(9)11-13-10-7;/h2-5H,1H3;1H/q+1;/p-1. The Balaban J connectivity index is 0.000000980. The van der Waals surface area contributed by atoms with Crippen LogP contribution >= 0.6 is 23.3 Å². The second kappa shape index (κ2) is 4.99. The van der Waals surface area contributed by atoms with Crippen LogP contribution in [0.1, 0.15) is 0 Å². The summed E-state index contributed by atoms with van der Waals surface area (Å²) >= 11 is 6.98. The maximum absolute atomic E-state index is 5.85. The molecule has 0 bridgehead atoms. The Hall–Kier alpha value is -0.270. The van der Waals surface area contributed by atoms with E-state index in [9.17, 15) is 0 Å². The molecule has 2 aromatic rings. The van der Waals surface area contributed by atoms with E-state index >= 15 is 0 Å². The van der Waals surface area contributed by atoms with Gasteiger partial charge in [-0.1, -0.05) is 11.6 Å². The first-order chi connectivity index (χ1) is 6.27. The molecule has 0 aliphatic carbocycles. The van der Waals surface area contributed by atoms with E-state index < -0.39 is 0 Å². The zero-order valence-electron chi connectivity index (χ0n) is 7.32. The van der Waals surface area contributed by atoms with E-state index in [0.29, 0.717) is 5.15 Å². The van der Waals surface area contributed by atoms with Crippen molar-refractivity contribution in [2.24, 2.45) is 7.05 Å². The van der Waals surface area contributed by atoms with Crippen molar-refractivity contribution in [2.75, 3.05) is 0 Å². The number of aromatic nitrogens is 3. The number of aryl methyl sites for hydroxylation is 1. The molecule has 0 atom stereocenters. The molecule has 0 N–H and O–H groups in total. The summed E-state index contributed by atoms with van der Waals surface area (Å²) in [5.41, 5.74) is 1.74. The van der Waals surface area contributed by atoms with Gasteiger partial charge in [0.2, 0.25) is 0 Å². The molecule has 0 amide bonds. The molecule has 0 aromatic carbocycles. The van der Waals surface area contributed by atoms with E-state index in [-0.39, 0.29) is 24.0 Å². The van der Waals surface area contributed by atoms with E-state index in [1.165, 1.54) is 0 Å². The molecule has 2 rings (SSSR count). The number of halogens is 2. The van der Waals surface area contributed by atoms with Gasteiger partial charge in [0.1, 0.15) is 12.7 Å². The smallest absolute Gasteiger partial charge is 0.178 e. The molecule has 0 aliphatic rings. The highest BCUT2D eigenvalue weighted by molar-refractivity contribution is 6.99. The highest BCUT2D eigenvalue weighted by atomic mass is 127. The highest BCUT2D eigenvalue weighted by Gasteiger charge is 2.10. The number of nitrogens with zero attached hydrogens (tertiary/aromatic N) is 3. The van der Waals surface area contributed by atoms with Crippen molar-refractivity contribution in [2.45, 2.75) is 0 Å². The molecular formula is C8H7ClIN3S. The minimum atomic E-state index is 0. The van der Waals surface area contributed by atoms with Crippen molar-refractivity contribution in [3.05, 3.63) is 29.7 Å². The van der Waals surface area contributed by atoms with Gasteiger partial charge < -0.3 is 24.0 Å². The Morgan fingerprint density at radius 1 is 1.43 bits per heavy atom. The molecule has 2 heterocycles. The first-order valence-corrected chi connectivity index (χ1v) is 4.82. The fourth-order valence-corrected chi connectivity index (χ4v) is 1.84. The van der Waals surface area contributed by atoms with Crippen molar-refractivity contribution in [1.29, 1.82) is 0 Å². The van der Waals surface area contributed by atoms with Crippen LogP contribution in [-0.2, 0) is 7.05 Å². The van der Waals surface area contributed by atoms with Crippen LogP contribution in [-0.4, -0.2) is 8.75 Å². The van der Waals surface area contributed by atoms with Crippen LogP contribution in [0.5, 0.6) is 0 Å². The molecule has 14 heavy (non-hydrogen) atoms. The molecule has 0 aliphatic heterocycles. The Kier molecular flexibility index (Phi) is 4.21. The van der Waals surface area contributed by atoms with Crippen molar-refractivity contribution in [1.82, 2.24) is 8.75 Å². The van der Waals surface area contributed by atoms with Gasteiger partial charge in [-0.2, -0.15) is 8.75 Å². The second-order valence-corrected chi connectivity index (χ2v) is 3.55. The van der Waals surface area contributed by atoms with E-state index in [1.807, 2.05) is 36.1 Å². The Bertz CT molecular complexity index is 432. The van der Waals surface area contributed by atoms with E-state index in [4.69, 9.17) is 11.6 Å². The lowest BCUT2D eigenvalue weighted by atomic mass is 10.2. The normalized spacial score (nSPS) is 9.57. The lowest BCUT2D eigenvalue weighted by Gasteiger charge is -1.93. The minimum Gasteiger partial charge on any atom is -1.00 e. The number of hydrogen-bond acceptors (Lipinski definition) is 3. The third-order valence-electron chi connectivity index (χ3n) is 1.66. The average Bonchev–Trinajstić information content (AvgIpc) is 2.51. The van der Waals surface area contributed by atoms with Gasteiger partial charge in [-0.05, 0) is 6.07 Å². The highest BCUT2D eigenvalue weighted by Crippen LogP contribution is 2.23. The third kappa shape index (κ3) is 2.40. The van der Waals surface area contributed by atoms with Crippen LogP contribution < -0.4 is 28.5 Å². The zero-order valence-corrected chi connectivity index (χ0v) is 11.0. The molecule has 3 nitrogen and oxygen atoms in total. The first-order valence-electron chi connectivity index (χ1n) is 3.71. The first kappa shape index (κ1) is 11.8. The molecular weight excluding hydrogens is 333 g/mol. The van der Waals surface area contributed by atoms with E-state index in [1.54, 1.807) is 0 Å². The zero-order chi connectivity index (χ0) is 9.26. The summed E-state index contributed by atoms with van der Waals surface area (Å²) in [7, 11) is 1.96. The van der Waals surface area contributed by atoms with Crippen LogP contribution in [0.4, 0.5) is 0 Å². The van der Waals surface area contributed by atoms with Crippen molar-refractivity contribution in [3.8, 4) is 11.3 Å². The maximum atomic E-state index is 5.85. The molecule has 0 unspecified atom stereocenters. The van der Waals surface area contributed by atoms with Gasteiger partial charge in [0.15, 0.2) is 17.5 Å². The summed E-state index contributed by atoms with van der Waals surface area (Å²) in [4.78, 5) is 0. The van der Waals surface area contributed by atoms with E-state index in [0.717, 1.165) is 23.0 Å². The second-order valence-electron chi connectivity index (χ2n) is 2.66. The number of hydrogen-bond donors (Lipinski definition) is 0. The summed E-state index contributed by atoms with van der Waals surface area (Å²) in [6.45, 7) is 0. The third-order valence-corrected chi connectivity index (χ3v) is 2.55. The summed E-state index contributed by atoms with van der Waals surface area (Å²) < 4.78 is 9.97. The van der Waals surface area contributed by atoms with Crippen LogP contribution in [0.2, 0.25) is 5.15 Å². The average molecular weight is 340 g/mol. The number of rotatable bonds is 1. The van der Waals surface area contributed by atoms with Crippen molar-refractivity contribution in [3.63, 3.8) is 0 Å². The lowest BCUT2D eigenvalue weighted by molar-refractivity contribution is -0.671. The van der Waals surface area contributed by atoms with E-state index in [2.05, 4.69) is 8.75 Å². The predicted molar refractivity (Wildman–Crippen MR) is 51.5 cm³/mol. The van der Waals surface area contributed by atoms with Crippen LogP contribution in [0.15, 0.2) is 24.5 Å². The van der Waals surface area contributed by atoms with Crippen LogP contribution in [0, 0.1) is 0 Å². The van der Waals surface area contributed by atoms with Gasteiger partial charge in [0.05, 0.1) is 17.3 Å². The van der Waals surface area contributed by atoms with Gasteiger partial charge in [0, 0.05) is 6.07 Å². The fraction of sp³-hybridized carbons (Fsp3) is 0.125. The Morgan fingerprint density at radius 2 is 2.21 bits per heavy atom. The van der Waals surface area contributed by atoms with Gasteiger partial charge in [-0.15, -0.1) is 0 Å². The Labute approximate surface area is 108 Å². The molecule has 0 saturated heterocycles. The largest absolute Gasteiger partial charge is 1.00 e. The monoisotopic (exact) mass is 339 g/mol. The molecule has 0 radical (unpaired) electrons. The molecule has 0 saturated carbocycles. The summed E-state index contributed by atoms with van der Waals surface area (Å²) in [6.07, 6.45) is 3.92. The van der Waals surface area contributed by atoms with Gasteiger partial charge >= 0.3 is 0 Å². The van der Waals surface area contributed by atoms with Crippen LogP contribution in [0.3, 0.4) is 0 Å². The van der Waals surface area contributed by atoms with Crippen molar-refractivity contribution < 1.29 is 28.5 Å². The SMILES string of the molecule is C[n+]1cccc(-c2nsnc2Cl)c1.[I-]. The molecule has 2 aromatic heterocycles. The summed E-state index contributed by atoms with van der Waals surface area (Å²) in [5, 5.41) is 0.469. The topological polar surface area (TPSA) is 29.7 Å². The molecule has 6 heteroatoms. The predicted octanol–water partition coefficient (Wildman–Crippen LogP) is -1.31. The quantitative estimate of drug-likeness (QED) is 0.477. The summed E-state index contributed by atoms with van der Waals surface area (Å²) in [5.74, 6) is 0. The summed E-state index contributed by atoms with van der Waals surface area (Å²) in [6, 6.07) is 3.91. The lowest BCUT2D eigenvalue weighted by Crippen LogP contribution is -3.00. The minimum absolute atomic E-state index is 0. The molecule has 0 spiro atoms. The molecule has 74 valence electrons. The van der Waals surface area contributed by atoms with Crippen LogP contribution in [0.25, 0.3) is 11.3 Å². The Morgan fingerprint density at radius 3 is 2.79 bits per heavy atom. The molecule has 0 fully saturated rings. The number of pyridine rings is 1.